The number of allylic oxidation sites excluding steroid dienone is 1. The van der Waals surface area contributed by atoms with E-state index in [1.54, 1.807) is 0 Å². The first-order chi connectivity index (χ1) is 17.8. The van der Waals surface area contributed by atoms with E-state index in [4.69, 9.17) is 5.73 Å². The first kappa shape index (κ1) is 23.4. The van der Waals surface area contributed by atoms with Crippen LogP contribution < -0.4 is 5.73 Å². The van der Waals surface area contributed by atoms with Crippen LogP contribution in [0.2, 0.25) is 0 Å². The van der Waals surface area contributed by atoms with Crippen LogP contribution in [-0.4, -0.2) is 0 Å². The number of nitrogens with two attached hydrogens (primary N) is 1. The van der Waals surface area contributed by atoms with Gasteiger partial charge in [-0.05, 0) is 61.0 Å². The second-order valence-electron chi connectivity index (χ2n) is 8.78. The molecule has 1 nitrogen and oxygen atoms in total. The predicted octanol–water partition coefficient (Wildman–Crippen LogP) is 9.38. The van der Waals surface area contributed by atoms with Crippen LogP contribution in [0.1, 0.15) is 25.0 Å². The van der Waals surface area contributed by atoms with Crippen LogP contribution in [0.25, 0.3) is 49.1 Å². The third-order valence-corrected chi connectivity index (χ3v) is 6.69. The maximum Gasteiger partial charge on any atom is 0.0350 e. The molecule has 0 fully saturated rings. The summed E-state index contributed by atoms with van der Waals surface area (Å²) in [6.45, 7) is 4.00. The zero-order chi connectivity index (χ0) is 24.9. The van der Waals surface area contributed by atoms with Gasteiger partial charge in [0.05, 0.1) is 0 Å². The molecule has 0 aromatic heterocycles. The summed E-state index contributed by atoms with van der Waals surface area (Å²) in [4.78, 5) is 0. The smallest absolute Gasteiger partial charge is 0.0350 e. The van der Waals surface area contributed by atoms with Gasteiger partial charge in [-0.1, -0.05) is 141 Å². The molecule has 6 aromatic carbocycles. The van der Waals surface area contributed by atoms with Gasteiger partial charge in [0.2, 0.25) is 0 Å². The summed E-state index contributed by atoms with van der Waals surface area (Å²) in [6, 6.07) is 43.1. The van der Waals surface area contributed by atoms with Crippen molar-refractivity contribution in [1.82, 2.24) is 0 Å². The first-order valence-corrected chi connectivity index (χ1v) is 12.7. The van der Waals surface area contributed by atoms with Crippen LogP contribution in [0, 0.1) is 0 Å². The highest BCUT2D eigenvalue weighted by atomic mass is 14.6. The number of hydrogen-bond donors (Lipinski definition) is 1. The van der Waals surface area contributed by atoms with Gasteiger partial charge < -0.3 is 5.73 Å². The molecule has 0 saturated heterocycles. The Morgan fingerprint density at radius 1 is 0.528 bits per heavy atom. The average Bonchev–Trinajstić information content (AvgIpc) is 2.97. The summed E-state index contributed by atoms with van der Waals surface area (Å²) in [7, 11) is 0. The highest BCUT2D eigenvalue weighted by Crippen LogP contribution is 2.35. The van der Waals surface area contributed by atoms with Gasteiger partial charge in [-0.3, -0.25) is 0 Å². The Kier molecular flexibility index (Phi) is 6.82. The summed E-state index contributed by atoms with van der Waals surface area (Å²) in [6.07, 6.45) is 2.92. The summed E-state index contributed by atoms with van der Waals surface area (Å²) in [5, 5.41) is 7.80. The molecule has 0 unspecified atom stereocenters. The topological polar surface area (TPSA) is 26.0 Å². The van der Waals surface area contributed by atoms with Crippen LogP contribution in [0.4, 0.5) is 0 Å². The van der Waals surface area contributed by atoms with E-state index in [-0.39, 0.29) is 0 Å². The normalized spacial score (nSPS) is 11.4. The minimum absolute atomic E-state index is 0.795. The highest BCUT2D eigenvalue weighted by Gasteiger charge is 2.08. The Labute approximate surface area is 213 Å². The molecule has 176 valence electrons. The molecule has 0 spiro atoms. The molecule has 36 heavy (non-hydrogen) atoms. The Bertz CT molecular complexity index is 1620. The largest absolute Gasteiger partial charge is 0.398 e. The molecule has 0 heterocycles. The van der Waals surface area contributed by atoms with Crippen LogP contribution in [0.3, 0.4) is 0 Å². The summed E-state index contributed by atoms with van der Waals surface area (Å²) < 4.78 is 0. The number of benzene rings is 6. The van der Waals surface area contributed by atoms with Crippen molar-refractivity contribution in [2.75, 3.05) is 0 Å². The molecule has 0 aliphatic rings. The zero-order valence-corrected chi connectivity index (χ0v) is 20.9. The lowest BCUT2D eigenvalue weighted by molar-refractivity contribution is 1.27. The van der Waals surface area contributed by atoms with Gasteiger partial charge in [0, 0.05) is 5.70 Å². The third-order valence-electron chi connectivity index (χ3n) is 6.69. The van der Waals surface area contributed by atoms with E-state index in [1.807, 2.05) is 19.9 Å². The van der Waals surface area contributed by atoms with Gasteiger partial charge in [0.25, 0.3) is 0 Å². The van der Waals surface area contributed by atoms with Crippen molar-refractivity contribution >= 4 is 38.0 Å². The maximum absolute atomic E-state index is 6.47. The average molecular weight is 466 g/mol. The minimum atomic E-state index is 0.795. The van der Waals surface area contributed by atoms with E-state index in [0.717, 1.165) is 17.7 Å². The van der Waals surface area contributed by atoms with Crippen LogP contribution in [0.5, 0.6) is 0 Å². The standard InChI is InChI=1S/C33H25N.C2H6/c34-33(26-18-16-25(17-19-26)24-8-2-1-3-9-24)21-15-23-14-20-31-29-12-5-4-10-27(29)28-11-6-7-13-30(28)32(31)22-23;1-2/h1-14,16-22H,15,34H2;1-2H3/b33-21-;. The summed E-state index contributed by atoms with van der Waals surface area (Å²) >= 11 is 0. The van der Waals surface area contributed by atoms with Gasteiger partial charge in [-0.15, -0.1) is 0 Å². The fourth-order valence-corrected chi connectivity index (χ4v) is 4.91. The molecule has 2 N–H and O–H groups in total. The van der Waals surface area contributed by atoms with Crippen molar-refractivity contribution in [2.45, 2.75) is 20.3 Å². The van der Waals surface area contributed by atoms with Crippen LogP contribution >= 0.6 is 0 Å². The molecule has 6 aromatic rings. The molecule has 0 radical (unpaired) electrons. The lowest BCUT2D eigenvalue weighted by Crippen LogP contribution is -1.97. The van der Waals surface area contributed by atoms with Gasteiger partial charge in [-0.25, -0.2) is 0 Å². The third kappa shape index (κ3) is 4.48. The van der Waals surface area contributed by atoms with Crippen LogP contribution in [0.15, 0.2) is 127 Å². The van der Waals surface area contributed by atoms with E-state index < -0.39 is 0 Å². The molecular formula is C35H31N. The lowest BCUT2D eigenvalue weighted by Gasteiger charge is -2.11. The second kappa shape index (κ2) is 10.5. The molecule has 0 bridgehead atoms. The first-order valence-electron chi connectivity index (χ1n) is 12.7. The quantitative estimate of drug-likeness (QED) is 0.258. The molecule has 0 aliphatic carbocycles. The Morgan fingerprint density at radius 3 is 1.58 bits per heavy atom. The van der Waals surface area contributed by atoms with Crippen molar-refractivity contribution in [3.05, 3.63) is 139 Å². The predicted molar refractivity (Wildman–Crippen MR) is 158 cm³/mol. The summed E-state index contributed by atoms with van der Waals surface area (Å²) in [5.41, 5.74) is 12.0. The number of rotatable bonds is 4. The van der Waals surface area contributed by atoms with E-state index in [9.17, 15) is 0 Å². The molecule has 0 saturated carbocycles. The van der Waals surface area contributed by atoms with Crippen LogP contribution in [-0.2, 0) is 6.42 Å². The minimum Gasteiger partial charge on any atom is -0.398 e. The van der Waals surface area contributed by atoms with Crippen molar-refractivity contribution < 1.29 is 0 Å². The number of hydrogen-bond acceptors (Lipinski definition) is 1. The second-order valence-corrected chi connectivity index (χ2v) is 8.78. The van der Waals surface area contributed by atoms with E-state index >= 15 is 0 Å². The van der Waals surface area contributed by atoms with Gasteiger partial charge in [0.1, 0.15) is 0 Å². The van der Waals surface area contributed by atoms with Gasteiger partial charge >= 0.3 is 0 Å². The molecule has 0 amide bonds. The SMILES string of the molecule is CC.N/C(=C\Cc1ccc2c3ccccc3c3ccccc3c2c1)c1ccc(-c2ccccc2)cc1. The van der Waals surface area contributed by atoms with Crippen molar-refractivity contribution in [2.24, 2.45) is 5.73 Å². The van der Waals surface area contributed by atoms with Crippen molar-refractivity contribution in [3.63, 3.8) is 0 Å². The zero-order valence-electron chi connectivity index (χ0n) is 20.9. The van der Waals surface area contributed by atoms with Gasteiger partial charge in [-0.2, -0.15) is 0 Å². The summed E-state index contributed by atoms with van der Waals surface area (Å²) in [5.74, 6) is 0. The van der Waals surface area contributed by atoms with Crippen molar-refractivity contribution in [1.29, 1.82) is 0 Å². The Morgan fingerprint density at radius 2 is 1.00 bits per heavy atom. The lowest BCUT2D eigenvalue weighted by atomic mass is 9.93. The molecule has 0 aliphatic heterocycles. The fourth-order valence-electron chi connectivity index (χ4n) is 4.91. The van der Waals surface area contributed by atoms with E-state index in [0.29, 0.717) is 0 Å². The molecule has 0 atom stereocenters. The maximum atomic E-state index is 6.47. The molecular weight excluding hydrogens is 434 g/mol. The van der Waals surface area contributed by atoms with E-state index in [1.165, 1.54) is 49.0 Å². The Balaban J connectivity index is 0.00000130. The monoisotopic (exact) mass is 465 g/mol. The molecule has 1 heteroatoms. The van der Waals surface area contributed by atoms with Gasteiger partial charge in [0.15, 0.2) is 0 Å². The van der Waals surface area contributed by atoms with E-state index in [2.05, 4.69) is 121 Å². The highest BCUT2D eigenvalue weighted by molar-refractivity contribution is 6.25. The Hall–Kier alpha value is -4.36. The van der Waals surface area contributed by atoms with Crippen molar-refractivity contribution in [3.8, 4) is 11.1 Å². The fraction of sp³-hybridized carbons (Fsp3) is 0.0857. The molecule has 6 rings (SSSR count). The number of fused-ring (bicyclic) bond motifs is 6.